The van der Waals surface area contributed by atoms with Gasteiger partial charge in [-0.25, -0.2) is 19.2 Å². The molecule has 0 aliphatic carbocycles. The first kappa shape index (κ1) is 24.5. The number of amides is 1. The number of carbonyl (C=O) groups excluding carboxylic acids is 1. The van der Waals surface area contributed by atoms with Crippen LogP contribution in [0.4, 0.5) is 14.5 Å². The fourth-order valence-electron chi connectivity index (χ4n) is 2.64. The van der Waals surface area contributed by atoms with Crippen LogP contribution in [0.2, 0.25) is 15.2 Å². The van der Waals surface area contributed by atoms with Crippen LogP contribution in [-0.4, -0.2) is 24.2 Å². The lowest BCUT2D eigenvalue weighted by Crippen LogP contribution is -2.20. The van der Waals surface area contributed by atoms with Gasteiger partial charge in [-0.1, -0.05) is 34.8 Å². The van der Waals surface area contributed by atoms with Gasteiger partial charge in [-0.15, -0.1) is 0 Å². The molecule has 0 saturated carbocycles. The van der Waals surface area contributed by atoms with Gasteiger partial charge in [-0.05, 0) is 35.9 Å². The second-order valence-electron chi connectivity index (χ2n) is 6.43. The summed E-state index contributed by atoms with van der Waals surface area (Å²) >= 11 is 17.7. The van der Waals surface area contributed by atoms with E-state index < -0.39 is 17.5 Å². The minimum atomic E-state index is -0.829. The molecule has 1 amide bonds. The molecule has 172 valence electrons. The number of methoxy groups -OCH3 is 1. The Kier molecular flexibility index (Phi) is 7.91. The predicted molar refractivity (Wildman–Crippen MR) is 122 cm³/mol. The first-order chi connectivity index (χ1) is 15.7. The zero-order chi connectivity index (χ0) is 24.1. The topological polar surface area (TPSA) is 98.8 Å². The number of halogens is 5. The highest BCUT2D eigenvalue weighted by molar-refractivity contribution is 6.46. The Balaban J connectivity index is 1.73. The van der Waals surface area contributed by atoms with E-state index >= 15 is 0 Å². The third-order valence-electron chi connectivity index (χ3n) is 4.25. The van der Waals surface area contributed by atoms with Gasteiger partial charge in [0.2, 0.25) is 0 Å². The van der Waals surface area contributed by atoms with Gasteiger partial charge >= 0.3 is 0 Å². The van der Waals surface area contributed by atoms with Gasteiger partial charge < -0.3 is 15.2 Å². The summed E-state index contributed by atoms with van der Waals surface area (Å²) in [7, 11) is 1.46. The molecule has 1 heterocycles. The number of nitrogen functional groups attached to an aromatic ring is 1. The summed E-state index contributed by atoms with van der Waals surface area (Å²) in [4.78, 5) is 16.1. The Morgan fingerprint density at radius 1 is 1.15 bits per heavy atom. The molecule has 0 atom stereocenters. The van der Waals surface area contributed by atoms with E-state index in [1.165, 1.54) is 19.4 Å². The van der Waals surface area contributed by atoms with Crippen LogP contribution in [0.3, 0.4) is 0 Å². The summed E-state index contributed by atoms with van der Waals surface area (Å²) in [5.41, 5.74) is 8.75. The van der Waals surface area contributed by atoms with Crippen LogP contribution in [0.25, 0.3) is 0 Å². The van der Waals surface area contributed by atoms with Gasteiger partial charge in [-0.2, -0.15) is 5.10 Å². The van der Waals surface area contributed by atoms with E-state index in [2.05, 4.69) is 15.5 Å². The molecule has 3 N–H and O–H groups in total. The van der Waals surface area contributed by atoms with Crippen LogP contribution < -0.4 is 20.6 Å². The molecule has 3 aromatic rings. The number of nitrogens with two attached hydrogens (primary N) is 1. The summed E-state index contributed by atoms with van der Waals surface area (Å²) in [6, 6.07) is 7.95. The summed E-state index contributed by atoms with van der Waals surface area (Å²) in [5, 5.41) is 3.46. The molecular formula is C21H15Cl3F2N4O3. The Morgan fingerprint density at radius 2 is 1.88 bits per heavy atom. The van der Waals surface area contributed by atoms with Crippen molar-refractivity contribution in [1.29, 1.82) is 0 Å². The maximum Gasteiger partial charge on any atom is 0.291 e. The molecule has 0 spiro atoms. The van der Waals surface area contributed by atoms with E-state index in [4.69, 9.17) is 50.0 Å². The van der Waals surface area contributed by atoms with Crippen LogP contribution in [0.15, 0.2) is 41.5 Å². The van der Waals surface area contributed by atoms with Gasteiger partial charge in [-0.3, -0.25) is 4.79 Å². The highest BCUT2D eigenvalue weighted by Gasteiger charge is 2.19. The molecular weight excluding hydrogens is 501 g/mol. The third kappa shape index (κ3) is 5.81. The van der Waals surface area contributed by atoms with Gasteiger partial charge in [0.1, 0.15) is 23.2 Å². The van der Waals surface area contributed by atoms with Crippen molar-refractivity contribution in [2.45, 2.75) is 6.61 Å². The zero-order valence-corrected chi connectivity index (χ0v) is 19.1. The lowest BCUT2D eigenvalue weighted by atomic mass is 10.1. The van der Waals surface area contributed by atoms with Crippen molar-refractivity contribution in [3.05, 3.63) is 80.1 Å². The Bertz CT molecular complexity index is 1240. The molecule has 2 aromatic carbocycles. The molecule has 3 rings (SSSR count). The van der Waals surface area contributed by atoms with Gasteiger partial charge in [0.15, 0.2) is 22.4 Å². The number of hydrazone groups is 1. The largest absolute Gasteiger partial charge is 0.496 e. The van der Waals surface area contributed by atoms with Crippen LogP contribution in [-0.2, 0) is 6.61 Å². The molecule has 0 aliphatic heterocycles. The van der Waals surface area contributed by atoms with Crippen molar-refractivity contribution in [2.75, 3.05) is 12.8 Å². The minimum Gasteiger partial charge on any atom is -0.496 e. The number of aromatic nitrogens is 1. The molecule has 33 heavy (non-hydrogen) atoms. The van der Waals surface area contributed by atoms with E-state index in [1.807, 2.05) is 0 Å². The van der Waals surface area contributed by atoms with Gasteiger partial charge in [0.05, 0.1) is 24.0 Å². The fraction of sp³-hybridized carbons (Fsp3) is 0.0952. The van der Waals surface area contributed by atoms with Gasteiger partial charge in [0.25, 0.3) is 5.91 Å². The molecule has 0 fully saturated rings. The first-order valence-electron chi connectivity index (χ1n) is 9.09. The van der Waals surface area contributed by atoms with E-state index in [0.717, 1.165) is 12.1 Å². The number of pyridine rings is 1. The van der Waals surface area contributed by atoms with Crippen molar-refractivity contribution in [3.63, 3.8) is 0 Å². The molecule has 0 saturated heterocycles. The average molecular weight is 516 g/mol. The fourth-order valence-corrected chi connectivity index (χ4v) is 3.23. The van der Waals surface area contributed by atoms with E-state index in [1.54, 1.807) is 18.2 Å². The zero-order valence-electron chi connectivity index (χ0n) is 16.8. The predicted octanol–water partition coefficient (Wildman–Crippen LogP) is 5.25. The van der Waals surface area contributed by atoms with Crippen LogP contribution in [0, 0.1) is 11.6 Å². The lowest BCUT2D eigenvalue weighted by Gasteiger charge is -2.11. The van der Waals surface area contributed by atoms with Crippen LogP contribution in [0.5, 0.6) is 11.5 Å². The molecule has 1 aromatic heterocycles. The Morgan fingerprint density at radius 3 is 2.58 bits per heavy atom. The summed E-state index contributed by atoms with van der Waals surface area (Å²) < 4.78 is 37.6. The van der Waals surface area contributed by atoms with Crippen molar-refractivity contribution in [2.24, 2.45) is 5.10 Å². The standard InChI is InChI=1S/C21H15Cl3F2N4O3/c1-32-14-4-2-10(6-11(14)9-33-15-5-3-12(25)7-13(15)26)8-28-30-21(31)19-16(22)18(27)17(23)20(24)29-19/h2-8H,9H2,1H3,(H2,27,29)(H,30,31)/b28-8-. The minimum absolute atomic E-state index is 0.0600. The van der Waals surface area contributed by atoms with Crippen molar-refractivity contribution >= 4 is 52.6 Å². The van der Waals surface area contributed by atoms with Crippen LogP contribution >= 0.6 is 34.8 Å². The van der Waals surface area contributed by atoms with Crippen molar-refractivity contribution in [3.8, 4) is 11.5 Å². The number of hydrogen-bond donors (Lipinski definition) is 2. The van der Waals surface area contributed by atoms with Gasteiger partial charge in [0, 0.05) is 11.6 Å². The smallest absolute Gasteiger partial charge is 0.291 e. The number of rotatable bonds is 7. The molecule has 0 unspecified atom stereocenters. The highest BCUT2D eigenvalue weighted by atomic mass is 35.5. The average Bonchev–Trinajstić information content (AvgIpc) is 2.79. The number of benzene rings is 2. The second-order valence-corrected chi connectivity index (χ2v) is 7.54. The summed E-state index contributed by atoms with van der Waals surface area (Å²) in [5.74, 6) is -1.94. The number of hydrogen-bond acceptors (Lipinski definition) is 6. The molecule has 0 bridgehead atoms. The monoisotopic (exact) mass is 514 g/mol. The first-order valence-corrected chi connectivity index (χ1v) is 10.2. The molecule has 0 aliphatic rings. The summed E-state index contributed by atoms with van der Waals surface area (Å²) in [6.45, 7) is -0.0676. The molecule has 7 nitrogen and oxygen atoms in total. The summed E-state index contributed by atoms with van der Waals surface area (Å²) in [6.07, 6.45) is 1.34. The Labute approximate surface area is 202 Å². The lowest BCUT2D eigenvalue weighted by molar-refractivity contribution is 0.0950. The van der Waals surface area contributed by atoms with Crippen molar-refractivity contribution in [1.82, 2.24) is 10.4 Å². The number of carbonyl (C=O) groups is 1. The quantitative estimate of drug-likeness (QED) is 0.254. The number of nitrogens with one attached hydrogen (secondary N) is 1. The van der Waals surface area contributed by atoms with E-state index in [0.29, 0.717) is 16.9 Å². The third-order valence-corrected chi connectivity index (χ3v) is 5.38. The highest BCUT2D eigenvalue weighted by Crippen LogP contribution is 2.34. The normalized spacial score (nSPS) is 11.0. The van der Waals surface area contributed by atoms with Crippen LogP contribution in [0.1, 0.15) is 21.6 Å². The second kappa shape index (κ2) is 10.7. The van der Waals surface area contributed by atoms with E-state index in [-0.39, 0.29) is 38.9 Å². The maximum absolute atomic E-state index is 13.8. The Hall–Kier alpha value is -3.14. The van der Waals surface area contributed by atoms with Crippen molar-refractivity contribution < 1.29 is 23.0 Å². The molecule has 0 radical (unpaired) electrons. The molecule has 12 heteroatoms. The number of anilines is 1. The number of nitrogens with zero attached hydrogens (tertiary/aromatic N) is 2. The number of ether oxygens (including phenoxy) is 2. The van der Waals surface area contributed by atoms with E-state index in [9.17, 15) is 13.6 Å². The maximum atomic E-state index is 13.8. The SMILES string of the molecule is COc1ccc(/C=N\NC(=O)c2nc(Cl)c(Cl)c(N)c2Cl)cc1COc1ccc(F)cc1F.